The van der Waals surface area contributed by atoms with E-state index in [1.807, 2.05) is 25.2 Å². The molecule has 0 radical (unpaired) electrons. The van der Waals surface area contributed by atoms with Crippen molar-refractivity contribution in [2.45, 2.75) is 31.5 Å². The third-order valence-electron chi connectivity index (χ3n) is 4.16. The standard InChI is InChI=1S/C17H22OSi/c1-17(19(2,3)18,16-12-8-5-9-13-16)14-15-10-6-4-7-11-15/h4-13,18H,14H2,1-3H3. The molecule has 0 aliphatic carbocycles. The summed E-state index contributed by atoms with van der Waals surface area (Å²) in [5, 5.41) is -0.171. The highest BCUT2D eigenvalue weighted by Gasteiger charge is 2.43. The molecular formula is C17H22OSi. The minimum absolute atomic E-state index is 0.171. The largest absolute Gasteiger partial charge is 0.431 e. The van der Waals surface area contributed by atoms with Gasteiger partial charge in [0.1, 0.15) is 0 Å². The van der Waals surface area contributed by atoms with E-state index in [2.05, 4.69) is 55.5 Å². The zero-order valence-electron chi connectivity index (χ0n) is 11.9. The summed E-state index contributed by atoms with van der Waals surface area (Å²) in [4.78, 5) is 10.8. The topological polar surface area (TPSA) is 20.2 Å². The van der Waals surface area contributed by atoms with Crippen LogP contribution in [0.3, 0.4) is 0 Å². The van der Waals surface area contributed by atoms with E-state index in [9.17, 15) is 4.80 Å². The highest BCUT2D eigenvalue weighted by molar-refractivity contribution is 6.73. The van der Waals surface area contributed by atoms with E-state index in [4.69, 9.17) is 0 Å². The Labute approximate surface area is 117 Å². The monoisotopic (exact) mass is 270 g/mol. The Kier molecular flexibility index (Phi) is 3.93. The molecule has 1 N–H and O–H groups in total. The predicted molar refractivity (Wildman–Crippen MR) is 83.6 cm³/mol. The summed E-state index contributed by atoms with van der Waals surface area (Å²) in [6.45, 7) is 6.26. The fraction of sp³-hybridized carbons (Fsp3) is 0.294. The molecule has 0 amide bonds. The molecule has 2 aromatic rings. The van der Waals surface area contributed by atoms with Crippen molar-refractivity contribution in [1.82, 2.24) is 0 Å². The third-order valence-corrected chi connectivity index (χ3v) is 7.33. The summed E-state index contributed by atoms with van der Waals surface area (Å²) in [6.07, 6.45) is 0.883. The van der Waals surface area contributed by atoms with Crippen molar-refractivity contribution in [3.8, 4) is 0 Å². The molecule has 2 aromatic carbocycles. The maximum atomic E-state index is 10.8. The first-order chi connectivity index (χ1) is 8.93. The molecule has 0 aromatic heterocycles. The number of benzene rings is 2. The van der Waals surface area contributed by atoms with E-state index in [1.165, 1.54) is 11.1 Å². The van der Waals surface area contributed by atoms with Crippen molar-refractivity contribution in [2.75, 3.05) is 0 Å². The van der Waals surface area contributed by atoms with Crippen LogP contribution in [-0.4, -0.2) is 13.1 Å². The van der Waals surface area contributed by atoms with Crippen molar-refractivity contribution in [2.24, 2.45) is 0 Å². The fourth-order valence-corrected chi connectivity index (χ4v) is 3.99. The molecule has 0 heterocycles. The van der Waals surface area contributed by atoms with Crippen LogP contribution in [-0.2, 0) is 11.5 Å². The van der Waals surface area contributed by atoms with Crippen LogP contribution in [0.25, 0.3) is 0 Å². The third kappa shape index (κ3) is 2.96. The molecule has 0 aliphatic rings. The number of hydrogen-bond acceptors (Lipinski definition) is 1. The van der Waals surface area contributed by atoms with Gasteiger partial charge < -0.3 is 4.80 Å². The lowest BCUT2D eigenvalue weighted by atomic mass is 9.92. The van der Waals surface area contributed by atoms with E-state index in [0.29, 0.717) is 0 Å². The van der Waals surface area contributed by atoms with Gasteiger partial charge in [0.2, 0.25) is 0 Å². The van der Waals surface area contributed by atoms with Gasteiger partial charge in [-0.1, -0.05) is 67.6 Å². The Morgan fingerprint density at radius 3 is 1.84 bits per heavy atom. The number of rotatable bonds is 4. The molecule has 0 bridgehead atoms. The molecule has 1 unspecified atom stereocenters. The summed E-state index contributed by atoms with van der Waals surface area (Å²) >= 11 is 0. The predicted octanol–water partition coefficient (Wildman–Crippen LogP) is 3.92. The number of hydrogen-bond donors (Lipinski definition) is 1. The smallest absolute Gasteiger partial charge is 0.193 e. The molecule has 0 aliphatic heterocycles. The van der Waals surface area contributed by atoms with Crippen LogP contribution in [0.1, 0.15) is 18.1 Å². The molecular weight excluding hydrogens is 248 g/mol. The van der Waals surface area contributed by atoms with Gasteiger partial charge in [-0.15, -0.1) is 0 Å². The fourth-order valence-electron chi connectivity index (χ4n) is 2.48. The maximum Gasteiger partial charge on any atom is 0.193 e. The van der Waals surface area contributed by atoms with E-state index in [0.717, 1.165) is 6.42 Å². The van der Waals surface area contributed by atoms with Crippen LogP contribution in [0.2, 0.25) is 13.1 Å². The van der Waals surface area contributed by atoms with Gasteiger partial charge in [-0.05, 0) is 30.6 Å². The average Bonchev–Trinajstić information content (AvgIpc) is 2.39. The van der Waals surface area contributed by atoms with Crippen LogP contribution in [0.15, 0.2) is 60.7 Å². The lowest BCUT2D eigenvalue weighted by Gasteiger charge is -2.39. The Morgan fingerprint density at radius 2 is 1.37 bits per heavy atom. The van der Waals surface area contributed by atoms with Crippen LogP contribution in [0, 0.1) is 0 Å². The summed E-state index contributed by atoms with van der Waals surface area (Å²) in [5.41, 5.74) is 2.52. The summed E-state index contributed by atoms with van der Waals surface area (Å²) < 4.78 is 0. The average molecular weight is 270 g/mol. The first kappa shape index (κ1) is 14.0. The van der Waals surface area contributed by atoms with Gasteiger partial charge in [0.25, 0.3) is 0 Å². The van der Waals surface area contributed by atoms with Gasteiger partial charge in [-0.3, -0.25) is 0 Å². The molecule has 2 rings (SSSR count). The molecule has 19 heavy (non-hydrogen) atoms. The van der Waals surface area contributed by atoms with Crippen molar-refractivity contribution < 1.29 is 4.80 Å². The molecule has 1 nitrogen and oxygen atoms in total. The van der Waals surface area contributed by atoms with E-state index < -0.39 is 8.32 Å². The van der Waals surface area contributed by atoms with E-state index >= 15 is 0 Å². The van der Waals surface area contributed by atoms with Crippen molar-refractivity contribution in [3.63, 3.8) is 0 Å². The van der Waals surface area contributed by atoms with Crippen molar-refractivity contribution in [1.29, 1.82) is 0 Å². The Balaban J connectivity index is 2.42. The molecule has 0 saturated heterocycles. The SMILES string of the molecule is CC(Cc1ccccc1)(c1ccccc1)[Si](C)(C)O. The summed E-state index contributed by atoms with van der Waals surface area (Å²) in [6, 6.07) is 20.8. The van der Waals surface area contributed by atoms with E-state index in [-0.39, 0.29) is 5.04 Å². The first-order valence-electron chi connectivity index (χ1n) is 6.75. The van der Waals surface area contributed by atoms with Crippen LogP contribution in [0.5, 0.6) is 0 Å². The van der Waals surface area contributed by atoms with Gasteiger partial charge in [0.05, 0.1) is 0 Å². The highest BCUT2D eigenvalue weighted by Crippen LogP contribution is 2.35. The van der Waals surface area contributed by atoms with Gasteiger partial charge in [-0.2, -0.15) is 0 Å². The quantitative estimate of drug-likeness (QED) is 0.835. The summed E-state index contributed by atoms with van der Waals surface area (Å²) in [7, 11) is -2.33. The molecule has 0 saturated carbocycles. The van der Waals surface area contributed by atoms with Crippen LogP contribution >= 0.6 is 0 Å². The molecule has 0 fully saturated rings. The Hall–Kier alpha value is -1.38. The zero-order valence-corrected chi connectivity index (χ0v) is 12.9. The second kappa shape index (κ2) is 5.31. The summed E-state index contributed by atoms with van der Waals surface area (Å²) in [5.74, 6) is 0. The van der Waals surface area contributed by atoms with E-state index in [1.54, 1.807) is 0 Å². The normalized spacial score (nSPS) is 14.9. The minimum atomic E-state index is -2.33. The van der Waals surface area contributed by atoms with Crippen LogP contribution in [0.4, 0.5) is 0 Å². The van der Waals surface area contributed by atoms with Gasteiger partial charge >= 0.3 is 0 Å². The van der Waals surface area contributed by atoms with Crippen LogP contribution < -0.4 is 0 Å². The second-order valence-electron chi connectivity index (χ2n) is 5.92. The zero-order chi connectivity index (χ0) is 13.9. The maximum absolute atomic E-state index is 10.8. The minimum Gasteiger partial charge on any atom is -0.431 e. The molecule has 0 spiro atoms. The lowest BCUT2D eigenvalue weighted by Crippen LogP contribution is -2.51. The molecule has 2 heteroatoms. The van der Waals surface area contributed by atoms with Crippen molar-refractivity contribution >= 4 is 8.32 Å². The lowest BCUT2D eigenvalue weighted by molar-refractivity contribution is 0.464. The van der Waals surface area contributed by atoms with Crippen molar-refractivity contribution in [3.05, 3.63) is 71.8 Å². The Morgan fingerprint density at radius 1 is 0.895 bits per heavy atom. The highest BCUT2D eigenvalue weighted by atomic mass is 28.4. The molecule has 1 atom stereocenters. The van der Waals surface area contributed by atoms with Gasteiger partial charge in [0.15, 0.2) is 8.32 Å². The second-order valence-corrected chi connectivity index (χ2v) is 10.1. The first-order valence-corrected chi connectivity index (χ1v) is 9.70. The van der Waals surface area contributed by atoms with Gasteiger partial charge in [0, 0.05) is 5.04 Å². The van der Waals surface area contributed by atoms with Gasteiger partial charge in [-0.25, -0.2) is 0 Å². The Bertz CT molecular complexity index is 516. The molecule has 100 valence electrons.